The summed E-state index contributed by atoms with van der Waals surface area (Å²) in [5.41, 5.74) is 0. The summed E-state index contributed by atoms with van der Waals surface area (Å²) in [5, 5.41) is 17.3. The molecule has 0 atom stereocenters. The molecular formula is C12H10BFO4. The van der Waals surface area contributed by atoms with Gasteiger partial charge in [-0.05, 0) is 36.4 Å². The average molecular weight is 248 g/mol. The summed E-state index contributed by atoms with van der Waals surface area (Å²) in [6, 6.07) is 11.9. The molecule has 0 aliphatic carbocycles. The molecule has 0 aliphatic rings. The van der Waals surface area contributed by atoms with Crippen LogP contribution in [0, 0.1) is 5.82 Å². The normalized spacial score (nSPS) is 9.94. The smallest absolute Gasteiger partial charge is 0.512 e. The Bertz CT molecular complexity index is 516. The molecule has 0 fully saturated rings. The number of halogens is 1. The molecule has 6 heteroatoms. The second kappa shape index (κ2) is 5.53. The van der Waals surface area contributed by atoms with Crippen molar-refractivity contribution in [2.24, 2.45) is 0 Å². The van der Waals surface area contributed by atoms with E-state index >= 15 is 0 Å². The largest absolute Gasteiger partial charge is 0.707 e. The van der Waals surface area contributed by atoms with Gasteiger partial charge in [-0.1, -0.05) is 6.07 Å². The predicted molar refractivity (Wildman–Crippen MR) is 63.7 cm³/mol. The molecular weight excluding hydrogens is 238 g/mol. The van der Waals surface area contributed by atoms with Crippen LogP contribution in [0.5, 0.6) is 17.2 Å². The average Bonchev–Trinajstić information content (AvgIpc) is 2.32. The fraction of sp³-hybridized carbons (Fsp3) is 0. The first-order chi connectivity index (χ1) is 8.63. The Morgan fingerprint density at radius 3 is 2.22 bits per heavy atom. The van der Waals surface area contributed by atoms with E-state index in [0.717, 1.165) is 0 Å². The molecule has 2 aromatic carbocycles. The monoisotopic (exact) mass is 248 g/mol. The summed E-state index contributed by atoms with van der Waals surface area (Å²) in [5.74, 6) is 0.824. The van der Waals surface area contributed by atoms with Crippen molar-refractivity contribution >= 4 is 7.32 Å². The van der Waals surface area contributed by atoms with E-state index in [0.29, 0.717) is 11.5 Å². The third-order valence-electron chi connectivity index (χ3n) is 2.10. The zero-order valence-electron chi connectivity index (χ0n) is 9.29. The topological polar surface area (TPSA) is 58.9 Å². The van der Waals surface area contributed by atoms with Gasteiger partial charge in [-0.2, -0.15) is 0 Å². The molecule has 0 amide bonds. The molecule has 92 valence electrons. The van der Waals surface area contributed by atoms with Gasteiger partial charge in [0.05, 0.1) is 0 Å². The van der Waals surface area contributed by atoms with Crippen LogP contribution < -0.4 is 9.39 Å². The number of hydrogen-bond acceptors (Lipinski definition) is 4. The SMILES string of the molecule is OB(O)Oc1cccc(Oc2ccc(F)cc2)c1. The van der Waals surface area contributed by atoms with Crippen LogP contribution in [0.2, 0.25) is 0 Å². The Hall–Kier alpha value is -2.05. The van der Waals surface area contributed by atoms with Gasteiger partial charge in [0.15, 0.2) is 0 Å². The fourth-order valence-corrected chi connectivity index (χ4v) is 1.37. The number of hydrogen-bond donors (Lipinski definition) is 2. The van der Waals surface area contributed by atoms with Crippen LogP contribution in [0.4, 0.5) is 4.39 Å². The van der Waals surface area contributed by atoms with Crippen molar-refractivity contribution in [3.63, 3.8) is 0 Å². The van der Waals surface area contributed by atoms with E-state index in [-0.39, 0.29) is 11.6 Å². The fourth-order valence-electron chi connectivity index (χ4n) is 1.37. The highest BCUT2D eigenvalue weighted by molar-refractivity contribution is 6.33. The van der Waals surface area contributed by atoms with Crippen LogP contribution in [0.1, 0.15) is 0 Å². The highest BCUT2D eigenvalue weighted by atomic mass is 19.1. The minimum atomic E-state index is -1.88. The Labute approximate surface area is 103 Å². The predicted octanol–water partition coefficient (Wildman–Crippen LogP) is 1.97. The third-order valence-corrected chi connectivity index (χ3v) is 2.10. The molecule has 0 saturated carbocycles. The molecule has 0 aliphatic heterocycles. The van der Waals surface area contributed by atoms with Gasteiger partial charge in [0, 0.05) is 6.07 Å². The van der Waals surface area contributed by atoms with Crippen molar-refractivity contribution in [2.45, 2.75) is 0 Å². The van der Waals surface area contributed by atoms with Crippen LogP contribution in [0.3, 0.4) is 0 Å². The minimum Gasteiger partial charge on any atom is -0.512 e. The van der Waals surface area contributed by atoms with Crippen molar-refractivity contribution in [3.05, 3.63) is 54.3 Å². The first kappa shape index (κ1) is 12.4. The Morgan fingerprint density at radius 1 is 0.889 bits per heavy atom. The van der Waals surface area contributed by atoms with E-state index < -0.39 is 7.32 Å². The van der Waals surface area contributed by atoms with Gasteiger partial charge in [0.25, 0.3) is 0 Å². The minimum absolute atomic E-state index is 0.254. The molecule has 18 heavy (non-hydrogen) atoms. The van der Waals surface area contributed by atoms with Gasteiger partial charge in [-0.25, -0.2) is 4.39 Å². The molecule has 0 spiro atoms. The summed E-state index contributed by atoms with van der Waals surface area (Å²) in [6.07, 6.45) is 0. The van der Waals surface area contributed by atoms with E-state index in [1.165, 1.54) is 30.3 Å². The summed E-state index contributed by atoms with van der Waals surface area (Å²) in [7, 11) is -1.88. The molecule has 4 nitrogen and oxygen atoms in total. The highest BCUT2D eigenvalue weighted by Crippen LogP contribution is 2.25. The van der Waals surface area contributed by atoms with E-state index in [1.807, 2.05) is 0 Å². The summed E-state index contributed by atoms with van der Waals surface area (Å²) < 4.78 is 22.8. The van der Waals surface area contributed by atoms with Crippen LogP contribution in [0.15, 0.2) is 48.5 Å². The first-order valence-corrected chi connectivity index (χ1v) is 5.20. The highest BCUT2D eigenvalue weighted by Gasteiger charge is 2.11. The Kier molecular flexibility index (Phi) is 3.81. The lowest BCUT2D eigenvalue weighted by Crippen LogP contribution is -2.20. The number of benzene rings is 2. The van der Waals surface area contributed by atoms with Gasteiger partial charge in [0.2, 0.25) is 0 Å². The van der Waals surface area contributed by atoms with Crippen molar-refractivity contribution in [3.8, 4) is 17.2 Å². The zero-order chi connectivity index (χ0) is 13.0. The molecule has 0 unspecified atom stereocenters. The second-order valence-corrected chi connectivity index (χ2v) is 3.47. The maximum Gasteiger partial charge on any atom is 0.707 e. The zero-order valence-corrected chi connectivity index (χ0v) is 9.29. The van der Waals surface area contributed by atoms with Crippen LogP contribution in [-0.2, 0) is 0 Å². The van der Waals surface area contributed by atoms with E-state index in [2.05, 4.69) is 4.65 Å². The molecule has 2 aromatic rings. The lowest BCUT2D eigenvalue weighted by Gasteiger charge is -2.08. The molecule has 0 aromatic heterocycles. The van der Waals surface area contributed by atoms with Crippen LogP contribution in [-0.4, -0.2) is 17.4 Å². The Balaban J connectivity index is 2.11. The van der Waals surface area contributed by atoms with Gasteiger partial charge in [0.1, 0.15) is 23.1 Å². The van der Waals surface area contributed by atoms with Crippen molar-refractivity contribution < 1.29 is 23.8 Å². The van der Waals surface area contributed by atoms with Crippen LogP contribution >= 0.6 is 0 Å². The van der Waals surface area contributed by atoms with E-state index in [1.54, 1.807) is 18.2 Å². The lowest BCUT2D eigenvalue weighted by atomic mass is 10.2. The summed E-state index contributed by atoms with van der Waals surface area (Å²) in [4.78, 5) is 0. The molecule has 0 saturated heterocycles. The number of ether oxygens (including phenoxy) is 1. The molecule has 0 bridgehead atoms. The molecule has 2 rings (SSSR count). The van der Waals surface area contributed by atoms with Gasteiger partial charge in [-0.3, -0.25) is 0 Å². The van der Waals surface area contributed by atoms with Gasteiger partial charge in [-0.15, -0.1) is 0 Å². The third kappa shape index (κ3) is 3.48. The maximum absolute atomic E-state index is 12.7. The van der Waals surface area contributed by atoms with Crippen LogP contribution in [0.25, 0.3) is 0 Å². The molecule has 0 radical (unpaired) electrons. The first-order valence-electron chi connectivity index (χ1n) is 5.20. The number of rotatable bonds is 4. The quantitative estimate of drug-likeness (QED) is 0.812. The Morgan fingerprint density at radius 2 is 1.56 bits per heavy atom. The van der Waals surface area contributed by atoms with E-state index in [9.17, 15) is 4.39 Å². The van der Waals surface area contributed by atoms with Crippen molar-refractivity contribution in [1.82, 2.24) is 0 Å². The maximum atomic E-state index is 12.7. The summed E-state index contributed by atoms with van der Waals surface area (Å²) >= 11 is 0. The second-order valence-electron chi connectivity index (χ2n) is 3.47. The standard InChI is InChI=1S/C12H10BFO4/c14-9-4-6-10(7-5-9)17-11-2-1-3-12(8-11)18-13(15)16/h1-8,15-16H. The molecule has 2 N–H and O–H groups in total. The molecule has 0 heterocycles. The van der Waals surface area contributed by atoms with Gasteiger partial charge < -0.3 is 19.4 Å². The van der Waals surface area contributed by atoms with Crippen molar-refractivity contribution in [2.75, 3.05) is 0 Å². The lowest BCUT2D eigenvalue weighted by molar-refractivity contribution is 0.287. The van der Waals surface area contributed by atoms with Gasteiger partial charge >= 0.3 is 7.32 Å². The van der Waals surface area contributed by atoms with E-state index in [4.69, 9.17) is 14.8 Å². The van der Waals surface area contributed by atoms with Crippen molar-refractivity contribution in [1.29, 1.82) is 0 Å². The summed E-state index contributed by atoms with van der Waals surface area (Å²) in [6.45, 7) is 0.